The van der Waals surface area contributed by atoms with Crippen LogP contribution >= 0.6 is 15.9 Å². The lowest BCUT2D eigenvalue weighted by molar-refractivity contribution is -0.144. The molecule has 4 heteroatoms. The SMILES string of the molecule is CCC(N[C@H](C(=O)OC)C(C)C)c1cccc(Br)c1. The molecule has 0 aliphatic carbocycles. The molecule has 0 saturated heterocycles. The summed E-state index contributed by atoms with van der Waals surface area (Å²) in [5.74, 6) is -0.0166. The number of ether oxygens (including phenoxy) is 1. The summed E-state index contributed by atoms with van der Waals surface area (Å²) in [6.45, 7) is 6.14. The van der Waals surface area contributed by atoms with E-state index in [0.717, 1.165) is 10.9 Å². The van der Waals surface area contributed by atoms with E-state index in [0.29, 0.717) is 0 Å². The maximum atomic E-state index is 11.8. The van der Waals surface area contributed by atoms with Gasteiger partial charge in [-0.2, -0.15) is 0 Å². The maximum absolute atomic E-state index is 11.8. The molecule has 0 fully saturated rings. The third-order valence-electron chi connectivity index (χ3n) is 3.16. The molecule has 0 bridgehead atoms. The number of benzene rings is 1. The Labute approximate surface area is 123 Å². The van der Waals surface area contributed by atoms with E-state index in [1.165, 1.54) is 12.7 Å². The van der Waals surface area contributed by atoms with Crippen LogP contribution in [0.15, 0.2) is 28.7 Å². The van der Waals surface area contributed by atoms with Gasteiger partial charge in [0.1, 0.15) is 6.04 Å². The number of halogens is 1. The Morgan fingerprint density at radius 2 is 2.11 bits per heavy atom. The van der Waals surface area contributed by atoms with E-state index in [1.807, 2.05) is 26.0 Å². The molecule has 19 heavy (non-hydrogen) atoms. The van der Waals surface area contributed by atoms with Crippen molar-refractivity contribution in [1.82, 2.24) is 5.32 Å². The molecule has 0 saturated carbocycles. The van der Waals surface area contributed by atoms with Crippen molar-refractivity contribution in [1.29, 1.82) is 0 Å². The predicted molar refractivity (Wildman–Crippen MR) is 81.0 cm³/mol. The van der Waals surface area contributed by atoms with Gasteiger partial charge in [-0.05, 0) is 30.0 Å². The molecule has 3 nitrogen and oxygen atoms in total. The second kappa shape index (κ2) is 7.65. The zero-order chi connectivity index (χ0) is 14.4. The van der Waals surface area contributed by atoms with Gasteiger partial charge in [0.2, 0.25) is 0 Å². The van der Waals surface area contributed by atoms with Crippen molar-refractivity contribution in [3.8, 4) is 0 Å². The molecule has 106 valence electrons. The molecule has 0 aliphatic rings. The van der Waals surface area contributed by atoms with Gasteiger partial charge in [0, 0.05) is 10.5 Å². The lowest BCUT2D eigenvalue weighted by atomic mass is 9.99. The Morgan fingerprint density at radius 3 is 2.58 bits per heavy atom. The van der Waals surface area contributed by atoms with Gasteiger partial charge in [0.15, 0.2) is 0 Å². The summed E-state index contributed by atoms with van der Waals surface area (Å²) >= 11 is 3.48. The molecule has 1 aromatic rings. The first-order chi connectivity index (χ1) is 8.99. The number of rotatable bonds is 6. The zero-order valence-electron chi connectivity index (χ0n) is 11.9. The lowest BCUT2D eigenvalue weighted by Crippen LogP contribution is -2.43. The molecule has 0 aliphatic heterocycles. The van der Waals surface area contributed by atoms with Crippen molar-refractivity contribution < 1.29 is 9.53 Å². The van der Waals surface area contributed by atoms with Crippen molar-refractivity contribution in [3.63, 3.8) is 0 Å². The van der Waals surface area contributed by atoms with Gasteiger partial charge in [-0.15, -0.1) is 0 Å². The second-order valence-electron chi connectivity index (χ2n) is 4.93. The topological polar surface area (TPSA) is 38.3 Å². The fourth-order valence-electron chi connectivity index (χ4n) is 2.05. The van der Waals surface area contributed by atoms with E-state index in [4.69, 9.17) is 4.74 Å². The van der Waals surface area contributed by atoms with Crippen LogP contribution in [-0.4, -0.2) is 19.1 Å². The highest BCUT2D eigenvalue weighted by molar-refractivity contribution is 9.10. The van der Waals surface area contributed by atoms with E-state index in [2.05, 4.69) is 40.3 Å². The molecule has 2 atom stereocenters. The first-order valence-corrected chi connectivity index (χ1v) is 7.38. The molecular formula is C15H22BrNO2. The van der Waals surface area contributed by atoms with Gasteiger partial charge >= 0.3 is 5.97 Å². The van der Waals surface area contributed by atoms with Crippen LogP contribution in [-0.2, 0) is 9.53 Å². The van der Waals surface area contributed by atoms with Crippen LogP contribution in [0.3, 0.4) is 0 Å². The number of nitrogens with one attached hydrogen (secondary N) is 1. The molecule has 0 aromatic heterocycles. The molecule has 1 unspecified atom stereocenters. The summed E-state index contributed by atoms with van der Waals surface area (Å²) < 4.78 is 5.91. The van der Waals surface area contributed by atoms with Gasteiger partial charge in [-0.25, -0.2) is 0 Å². The van der Waals surface area contributed by atoms with Crippen LogP contribution in [0.2, 0.25) is 0 Å². The first-order valence-electron chi connectivity index (χ1n) is 6.58. The lowest BCUT2D eigenvalue weighted by Gasteiger charge is -2.26. The van der Waals surface area contributed by atoms with Crippen molar-refractivity contribution in [2.45, 2.75) is 39.3 Å². The molecule has 1 N–H and O–H groups in total. The number of esters is 1. The molecular weight excluding hydrogens is 306 g/mol. The zero-order valence-corrected chi connectivity index (χ0v) is 13.5. The minimum atomic E-state index is -0.283. The summed E-state index contributed by atoms with van der Waals surface area (Å²) in [6.07, 6.45) is 0.913. The Bertz CT molecular complexity index is 420. The van der Waals surface area contributed by atoms with E-state index < -0.39 is 0 Å². The van der Waals surface area contributed by atoms with Gasteiger partial charge in [-0.3, -0.25) is 10.1 Å². The number of hydrogen-bond donors (Lipinski definition) is 1. The van der Waals surface area contributed by atoms with E-state index in [1.54, 1.807) is 0 Å². The van der Waals surface area contributed by atoms with Gasteiger partial charge < -0.3 is 4.74 Å². The molecule has 0 amide bonds. The highest BCUT2D eigenvalue weighted by Gasteiger charge is 2.25. The number of hydrogen-bond acceptors (Lipinski definition) is 3. The number of carbonyl (C=O) groups is 1. The van der Waals surface area contributed by atoms with E-state index in [9.17, 15) is 4.79 Å². The third kappa shape index (κ3) is 4.62. The van der Waals surface area contributed by atoms with Crippen molar-refractivity contribution in [2.75, 3.05) is 7.11 Å². The summed E-state index contributed by atoms with van der Waals surface area (Å²) in [4.78, 5) is 11.8. The smallest absolute Gasteiger partial charge is 0.323 e. The molecule has 0 heterocycles. The number of methoxy groups -OCH3 is 1. The maximum Gasteiger partial charge on any atom is 0.323 e. The van der Waals surface area contributed by atoms with Crippen LogP contribution in [0.4, 0.5) is 0 Å². The fraction of sp³-hybridized carbons (Fsp3) is 0.533. The van der Waals surface area contributed by atoms with Crippen LogP contribution in [0.25, 0.3) is 0 Å². The second-order valence-corrected chi connectivity index (χ2v) is 5.84. The highest BCUT2D eigenvalue weighted by Crippen LogP contribution is 2.22. The summed E-state index contributed by atoms with van der Waals surface area (Å²) in [5, 5.41) is 3.40. The van der Waals surface area contributed by atoms with E-state index >= 15 is 0 Å². The summed E-state index contributed by atoms with van der Waals surface area (Å²) in [5.41, 5.74) is 1.17. The van der Waals surface area contributed by atoms with Gasteiger partial charge in [0.05, 0.1) is 7.11 Å². The summed E-state index contributed by atoms with van der Waals surface area (Å²) in [6, 6.07) is 8.01. The average Bonchev–Trinajstić information content (AvgIpc) is 2.38. The van der Waals surface area contributed by atoms with Gasteiger partial charge in [-0.1, -0.05) is 48.8 Å². The largest absolute Gasteiger partial charge is 0.468 e. The summed E-state index contributed by atoms with van der Waals surface area (Å²) in [7, 11) is 1.43. The quantitative estimate of drug-likeness (QED) is 0.810. The third-order valence-corrected chi connectivity index (χ3v) is 3.66. The Balaban J connectivity index is 2.88. The minimum absolute atomic E-state index is 0.143. The van der Waals surface area contributed by atoms with Crippen molar-refractivity contribution in [3.05, 3.63) is 34.3 Å². The predicted octanol–water partition coefficient (Wildman–Crippen LogP) is 3.69. The first kappa shape index (κ1) is 16.2. The fourth-order valence-corrected chi connectivity index (χ4v) is 2.47. The van der Waals surface area contributed by atoms with Crippen molar-refractivity contribution >= 4 is 21.9 Å². The van der Waals surface area contributed by atoms with Gasteiger partial charge in [0.25, 0.3) is 0 Å². The Hall–Kier alpha value is -0.870. The van der Waals surface area contributed by atoms with E-state index in [-0.39, 0.29) is 24.0 Å². The molecule has 1 rings (SSSR count). The van der Waals surface area contributed by atoms with Crippen LogP contribution < -0.4 is 5.32 Å². The Morgan fingerprint density at radius 1 is 1.42 bits per heavy atom. The normalized spacial score (nSPS) is 14.2. The van der Waals surface area contributed by atoms with Crippen LogP contribution in [0.1, 0.15) is 38.8 Å². The van der Waals surface area contributed by atoms with Crippen molar-refractivity contribution in [2.24, 2.45) is 5.92 Å². The monoisotopic (exact) mass is 327 g/mol. The minimum Gasteiger partial charge on any atom is -0.468 e. The average molecular weight is 328 g/mol. The van der Waals surface area contributed by atoms with Crippen LogP contribution in [0.5, 0.6) is 0 Å². The highest BCUT2D eigenvalue weighted by atomic mass is 79.9. The molecule has 0 radical (unpaired) electrons. The molecule has 0 spiro atoms. The standard InChI is InChI=1S/C15H22BrNO2/c1-5-13(11-7-6-8-12(16)9-11)17-14(10(2)3)15(18)19-4/h6-10,13-14,17H,5H2,1-4H3/t13?,14-/m0/s1. The molecule has 1 aromatic carbocycles. The van der Waals surface area contributed by atoms with Crippen LogP contribution in [0, 0.1) is 5.92 Å². The Kier molecular flexibility index (Phi) is 6.52. The number of carbonyl (C=O) groups excluding carboxylic acids is 1.